The number of benzene rings is 1. The quantitative estimate of drug-likeness (QED) is 0.855. The molecule has 2 N–H and O–H groups in total. The molecular weight excluding hydrogens is 301 g/mol. The highest BCUT2D eigenvalue weighted by molar-refractivity contribution is 7.89. The van der Waals surface area contributed by atoms with Gasteiger partial charge in [-0.1, -0.05) is 12.1 Å². The Balaban J connectivity index is 1.98. The highest BCUT2D eigenvalue weighted by Crippen LogP contribution is 2.21. The van der Waals surface area contributed by atoms with Gasteiger partial charge in [0.25, 0.3) is 0 Å². The summed E-state index contributed by atoms with van der Waals surface area (Å²) in [7, 11) is -3.61. The van der Waals surface area contributed by atoms with Crippen LogP contribution in [0.4, 0.5) is 4.39 Å². The smallest absolute Gasteiger partial charge is 0.241 e. The monoisotopic (exact) mass is 315 g/mol. The molecular formula is C13H14FNO3S2. The minimum Gasteiger partial charge on any atom is -0.391 e. The first-order valence-corrected chi connectivity index (χ1v) is 8.30. The summed E-state index contributed by atoms with van der Waals surface area (Å²) in [5.41, 5.74) is 0.849. The predicted octanol–water partition coefficient (Wildman–Crippen LogP) is 1.90. The number of aliphatic hydroxyl groups is 1. The molecule has 0 unspecified atom stereocenters. The van der Waals surface area contributed by atoms with Crippen LogP contribution in [0.3, 0.4) is 0 Å². The van der Waals surface area contributed by atoms with Gasteiger partial charge in [-0.15, -0.1) is 11.3 Å². The molecule has 1 heterocycles. The van der Waals surface area contributed by atoms with Crippen molar-refractivity contribution in [2.24, 2.45) is 0 Å². The maximum atomic E-state index is 12.7. The summed E-state index contributed by atoms with van der Waals surface area (Å²) in [5, 5.41) is 10.7. The van der Waals surface area contributed by atoms with Crippen molar-refractivity contribution in [1.82, 2.24) is 4.72 Å². The van der Waals surface area contributed by atoms with Crippen molar-refractivity contribution in [3.05, 3.63) is 52.0 Å². The molecule has 0 aliphatic rings. The van der Waals surface area contributed by atoms with Gasteiger partial charge < -0.3 is 5.11 Å². The number of rotatable bonds is 6. The van der Waals surface area contributed by atoms with Gasteiger partial charge in [0.05, 0.1) is 11.5 Å². The molecule has 2 rings (SSSR count). The lowest BCUT2D eigenvalue weighted by Crippen LogP contribution is -2.26. The summed E-state index contributed by atoms with van der Waals surface area (Å²) in [6, 6.07) is 7.39. The molecule has 7 heteroatoms. The number of hydrogen-bond donors (Lipinski definition) is 2. The Morgan fingerprint density at radius 2 is 1.90 bits per heavy atom. The highest BCUT2D eigenvalue weighted by Gasteiger charge is 2.18. The molecule has 0 atom stereocenters. The fourth-order valence-electron chi connectivity index (χ4n) is 1.74. The Bertz CT molecular complexity index is 665. The van der Waals surface area contributed by atoms with E-state index in [1.165, 1.54) is 29.5 Å². The second-order valence-corrected chi connectivity index (χ2v) is 6.88. The van der Waals surface area contributed by atoms with Gasteiger partial charge in [-0.25, -0.2) is 17.5 Å². The lowest BCUT2D eigenvalue weighted by molar-refractivity contribution is 0.282. The first-order valence-electron chi connectivity index (χ1n) is 5.94. The van der Waals surface area contributed by atoms with Crippen LogP contribution >= 0.6 is 11.3 Å². The zero-order valence-corrected chi connectivity index (χ0v) is 12.2. The second-order valence-electron chi connectivity index (χ2n) is 4.14. The maximum absolute atomic E-state index is 12.7. The van der Waals surface area contributed by atoms with Gasteiger partial charge in [0.2, 0.25) is 10.0 Å². The third kappa shape index (κ3) is 3.63. The van der Waals surface area contributed by atoms with E-state index >= 15 is 0 Å². The van der Waals surface area contributed by atoms with Gasteiger partial charge in [0.15, 0.2) is 0 Å². The van der Waals surface area contributed by atoms with Crippen molar-refractivity contribution in [3.63, 3.8) is 0 Å². The van der Waals surface area contributed by atoms with Crippen LogP contribution in [0, 0.1) is 5.82 Å². The van der Waals surface area contributed by atoms with Gasteiger partial charge in [-0.3, -0.25) is 0 Å². The minimum absolute atomic E-state index is 0.115. The normalized spacial score (nSPS) is 11.7. The molecule has 0 saturated carbocycles. The predicted molar refractivity (Wildman–Crippen MR) is 75.5 cm³/mol. The summed E-state index contributed by atoms with van der Waals surface area (Å²) >= 11 is 1.20. The molecule has 4 nitrogen and oxygen atoms in total. The SMILES string of the molecule is O=S(=O)(NCCc1ccc(F)cc1)c1ccsc1CO. The molecule has 2 aromatic rings. The molecule has 0 fully saturated rings. The first kappa shape index (κ1) is 15.1. The minimum atomic E-state index is -3.61. The summed E-state index contributed by atoms with van der Waals surface area (Å²) in [4.78, 5) is 0.531. The van der Waals surface area contributed by atoms with Crippen LogP contribution in [-0.2, 0) is 23.1 Å². The number of sulfonamides is 1. The topological polar surface area (TPSA) is 66.4 Å². The fraction of sp³-hybridized carbons (Fsp3) is 0.231. The molecule has 0 aliphatic heterocycles. The number of thiophene rings is 1. The van der Waals surface area contributed by atoms with E-state index in [9.17, 15) is 12.8 Å². The Morgan fingerprint density at radius 3 is 2.55 bits per heavy atom. The number of nitrogens with one attached hydrogen (secondary N) is 1. The zero-order chi connectivity index (χ0) is 14.6. The van der Waals surface area contributed by atoms with E-state index in [0.29, 0.717) is 11.3 Å². The molecule has 0 bridgehead atoms. The molecule has 0 aliphatic carbocycles. The average Bonchev–Trinajstić information content (AvgIpc) is 2.90. The Labute approximate surface area is 120 Å². The van der Waals surface area contributed by atoms with E-state index in [4.69, 9.17) is 5.11 Å². The average molecular weight is 315 g/mol. The molecule has 0 spiro atoms. The van der Waals surface area contributed by atoms with Gasteiger partial charge >= 0.3 is 0 Å². The van der Waals surface area contributed by atoms with Crippen molar-refractivity contribution >= 4 is 21.4 Å². The third-order valence-electron chi connectivity index (χ3n) is 2.76. The number of hydrogen-bond acceptors (Lipinski definition) is 4. The zero-order valence-electron chi connectivity index (χ0n) is 10.5. The van der Waals surface area contributed by atoms with Crippen molar-refractivity contribution in [2.75, 3.05) is 6.54 Å². The van der Waals surface area contributed by atoms with Crippen LogP contribution in [0.1, 0.15) is 10.4 Å². The summed E-state index contributed by atoms with van der Waals surface area (Å²) < 4.78 is 39.3. The molecule has 108 valence electrons. The first-order chi connectivity index (χ1) is 9.53. The Morgan fingerprint density at radius 1 is 1.20 bits per heavy atom. The largest absolute Gasteiger partial charge is 0.391 e. The summed E-state index contributed by atoms with van der Waals surface area (Å²) in [6.45, 7) is -0.0828. The van der Waals surface area contributed by atoms with E-state index in [2.05, 4.69) is 4.72 Å². The van der Waals surface area contributed by atoms with Gasteiger partial charge in [0.1, 0.15) is 5.82 Å². The maximum Gasteiger partial charge on any atom is 0.241 e. The van der Waals surface area contributed by atoms with Crippen LogP contribution in [0.25, 0.3) is 0 Å². The van der Waals surface area contributed by atoms with E-state index in [1.807, 2.05) is 0 Å². The third-order valence-corrected chi connectivity index (χ3v) is 5.34. The number of halogens is 1. The van der Waals surface area contributed by atoms with Crippen molar-refractivity contribution in [2.45, 2.75) is 17.9 Å². The van der Waals surface area contributed by atoms with Crippen molar-refractivity contribution in [3.8, 4) is 0 Å². The second kappa shape index (κ2) is 6.45. The molecule has 0 saturated heterocycles. The number of aliphatic hydroxyl groups excluding tert-OH is 1. The van der Waals surface area contributed by atoms with E-state index in [1.54, 1.807) is 17.5 Å². The van der Waals surface area contributed by atoms with Crippen LogP contribution in [0.2, 0.25) is 0 Å². The van der Waals surface area contributed by atoms with Crippen LogP contribution < -0.4 is 4.72 Å². The fourth-order valence-corrected chi connectivity index (χ4v) is 4.07. The molecule has 0 radical (unpaired) electrons. The van der Waals surface area contributed by atoms with Gasteiger partial charge in [0, 0.05) is 11.4 Å². The summed E-state index contributed by atoms with van der Waals surface area (Å²) in [5.74, 6) is -0.319. The van der Waals surface area contributed by atoms with Gasteiger partial charge in [-0.05, 0) is 35.6 Å². The van der Waals surface area contributed by atoms with E-state index in [0.717, 1.165) is 5.56 Å². The standard InChI is InChI=1S/C13H14FNO3S2/c14-11-3-1-10(2-4-11)5-7-15-20(17,18)13-6-8-19-12(13)9-16/h1-4,6,8,15-16H,5,7,9H2. The molecule has 20 heavy (non-hydrogen) atoms. The van der Waals surface area contributed by atoms with E-state index in [-0.39, 0.29) is 23.9 Å². The highest BCUT2D eigenvalue weighted by atomic mass is 32.2. The van der Waals surface area contributed by atoms with Crippen molar-refractivity contribution in [1.29, 1.82) is 0 Å². The van der Waals surface area contributed by atoms with Crippen LogP contribution in [-0.4, -0.2) is 20.1 Å². The lowest BCUT2D eigenvalue weighted by Gasteiger charge is -2.07. The van der Waals surface area contributed by atoms with Crippen LogP contribution in [0.5, 0.6) is 0 Å². The molecule has 1 aromatic carbocycles. The van der Waals surface area contributed by atoms with Crippen LogP contribution in [0.15, 0.2) is 40.6 Å². The Hall–Kier alpha value is -1.28. The summed E-state index contributed by atoms with van der Waals surface area (Å²) in [6.07, 6.45) is 0.470. The van der Waals surface area contributed by atoms with E-state index < -0.39 is 10.0 Å². The molecule has 1 aromatic heterocycles. The molecule has 0 amide bonds. The lowest BCUT2D eigenvalue weighted by atomic mass is 10.1. The van der Waals surface area contributed by atoms with Crippen molar-refractivity contribution < 1.29 is 17.9 Å². The van der Waals surface area contributed by atoms with Gasteiger partial charge in [-0.2, -0.15) is 0 Å². The Kier molecular flexibility index (Phi) is 4.87.